The van der Waals surface area contributed by atoms with Crippen molar-refractivity contribution in [2.75, 3.05) is 23.7 Å². The lowest BCUT2D eigenvalue weighted by Gasteiger charge is -2.46. The Balaban J connectivity index is 1.39. The van der Waals surface area contributed by atoms with Gasteiger partial charge in [-0.25, -0.2) is 4.98 Å². The maximum atomic E-state index is 12.9. The van der Waals surface area contributed by atoms with Crippen LogP contribution in [0.5, 0.6) is 0 Å². The second-order valence-corrected chi connectivity index (χ2v) is 7.91. The van der Waals surface area contributed by atoms with Gasteiger partial charge < -0.3 is 15.5 Å². The van der Waals surface area contributed by atoms with Crippen LogP contribution in [0.1, 0.15) is 28.8 Å². The first-order valence-electron chi connectivity index (χ1n) is 10.5. The number of aliphatic imine (C=N–C) groups is 1. The van der Waals surface area contributed by atoms with E-state index in [9.17, 15) is 4.79 Å². The molecule has 5 rings (SSSR count). The fourth-order valence-electron chi connectivity index (χ4n) is 4.23. The Morgan fingerprint density at radius 2 is 1.77 bits per heavy atom. The quantitative estimate of drug-likeness (QED) is 0.687. The minimum atomic E-state index is -0.347. The highest BCUT2D eigenvalue weighted by Crippen LogP contribution is 2.36. The molecule has 0 saturated carbocycles. The lowest BCUT2D eigenvalue weighted by molar-refractivity contribution is 0.0705. The third kappa shape index (κ3) is 3.86. The summed E-state index contributed by atoms with van der Waals surface area (Å²) in [5.41, 5.74) is 2.45. The number of hydrogen-bond acceptors (Lipinski definition) is 5. The van der Waals surface area contributed by atoms with Crippen LogP contribution in [-0.4, -0.2) is 45.2 Å². The molecule has 2 aliphatic heterocycles. The van der Waals surface area contributed by atoms with E-state index in [2.05, 4.69) is 32.7 Å². The number of nitrogens with one attached hydrogen (secondary N) is 2. The molecule has 0 bridgehead atoms. The summed E-state index contributed by atoms with van der Waals surface area (Å²) in [6.07, 6.45) is 6.61. The van der Waals surface area contributed by atoms with Gasteiger partial charge in [0.2, 0.25) is 0 Å². The Kier molecular flexibility index (Phi) is 5.08. The molecule has 1 spiro atoms. The molecular weight excluding hydrogens is 388 g/mol. The van der Waals surface area contributed by atoms with Gasteiger partial charge in [-0.05, 0) is 42.7 Å². The van der Waals surface area contributed by atoms with E-state index >= 15 is 0 Å². The molecule has 7 nitrogen and oxygen atoms in total. The summed E-state index contributed by atoms with van der Waals surface area (Å²) in [5.74, 6) is 1.72. The van der Waals surface area contributed by atoms with E-state index in [-0.39, 0.29) is 11.4 Å². The molecule has 1 fully saturated rings. The van der Waals surface area contributed by atoms with Crippen LogP contribution in [0.2, 0.25) is 0 Å². The third-order valence-corrected chi connectivity index (χ3v) is 5.97. The maximum Gasteiger partial charge on any atom is 0.253 e. The first-order valence-corrected chi connectivity index (χ1v) is 10.5. The number of rotatable bonds is 3. The fraction of sp³-hybridized carbons (Fsp3) is 0.250. The zero-order chi connectivity index (χ0) is 21.1. The van der Waals surface area contributed by atoms with Gasteiger partial charge in [-0.15, -0.1) is 0 Å². The number of fused-ring (bicyclic) bond motifs is 1. The van der Waals surface area contributed by atoms with Crippen LogP contribution in [0, 0.1) is 0 Å². The van der Waals surface area contributed by atoms with Crippen molar-refractivity contribution in [3.8, 4) is 0 Å². The number of hydrogen-bond donors (Lipinski definition) is 2. The molecule has 0 aliphatic carbocycles. The van der Waals surface area contributed by atoms with Crippen LogP contribution in [-0.2, 0) is 6.54 Å². The number of likely N-dealkylation sites (tertiary alicyclic amines) is 1. The SMILES string of the molecule is O=C(c1ccncc1)N1CCC2(CC1)Nc1cccnc1NC2=NCc1ccccc1. The molecule has 1 aromatic carbocycles. The largest absolute Gasteiger partial charge is 0.370 e. The number of carbonyl (C=O) groups excluding carboxylic acids is 1. The third-order valence-electron chi connectivity index (χ3n) is 5.97. The molecule has 2 N–H and O–H groups in total. The lowest BCUT2D eigenvalue weighted by Crippen LogP contribution is -2.59. The number of aromatic nitrogens is 2. The molecule has 3 aromatic rings. The average Bonchev–Trinajstić information content (AvgIpc) is 2.84. The predicted octanol–water partition coefficient (Wildman–Crippen LogP) is 3.59. The molecule has 7 heteroatoms. The number of amides is 1. The van der Waals surface area contributed by atoms with Gasteiger partial charge in [0.05, 0.1) is 17.8 Å². The molecule has 0 atom stereocenters. The highest BCUT2D eigenvalue weighted by molar-refractivity contribution is 6.08. The molecule has 156 valence electrons. The van der Waals surface area contributed by atoms with Gasteiger partial charge >= 0.3 is 0 Å². The number of amidine groups is 1. The highest BCUT2D eigenvalue weighted by atomic mass is 16.2. The molecule has 4 heterocycles. The van der Waals surface area contributed by atoms with E-state index in [4.69, 9.17) is 4.99 Å². The minimum Gasteiger partial charge on any atom is -0.370 e. The lowest BCUT2D eigenvalue weighted by atomic mass is 9.84. The van der Waals surface area contributed by atoms with Crippen LogP contribution >= 0.6 is 0 Å². The van der Waals surface area contributed by atoms with Crippen molar-refractivity contribution >= 4 is 23.2 Å². The van der Waals surface area contributed by atoms with Gasteiger partial charge in [0, 0.05) is 37.2 Å². The Morgan fingerprint density at radius 3 is 2.55 bits per heavy atom. The van der Waals surface area contributed by atoms with Crippen molar-refractivity contribution in [2.24, 2.45) is 4.99 Å². The summed E-state index contributed by atoms with van der Waals surface area (Å²) in [4.78, 5) is 28.2. The molecule has 1 amide bonds. The topological polar surface area (TPSA) is 82.5 Å². The van der Waals surface area contributed by atoms with Gasteiger partial charge in [0.15, 0.2) is 5.82 Å². The maximum absolute atomic E-state index is 12.9. The first kappa shape index (κ1) is 19.2. The van der Waals surface area contributed by atoms with Gasteiger partial charge in [0.25, 0.3) is 5.91 Å². The Morgan fingerprint density at radius 1 is 1.00 bits per heavy atom. The zero-order valence-corrected chi connectivity index (χ0v) is 17.2. The van der Waals surface area contributed by atoms with E-state index in [1.54, 1.807) is 30.7 Å². The molecule has 0 unspecified atom stereocenters. The van der Waals surface area contributed by atoms with E-state index < -0.39 is 0 Å². The molecule has 0 radical (unpaired) electrons. The summed E-state index contributed by atoms with van der Waals surface area (Å²) in [6, 6.07) is 17.7. The van der Waals surface area contributed by atoms with Crippen molar-refractivity contribution in [1.82, 2.24) is 14.9 Å². The smallest absolute Gasteiger partial charge is 0.253 e. The fourth-order valence-corrected chi connectivity index (χ4v) is 4.23. The van der Waals surface area contributed by atoms with E-state index in [0.29, 0.717) is 25.2 Å². The van der Waals surface area contributed by atoms with Gasteiger partial charge in [-0.3, -0.25) is 14.8 Å². The Bertz CT molecular complexity index is 1090. The van der Waals surface area contributed by atoms with Crippen molar-refractivity contribution < 1.29 is 4.79 Å². The zero-order valence-electron chi connectivity index (χ0n) is 17.2. The van der Waals surface area contributed by atoms with Gasteiger partial charge in [-0.1, -0.05) is 30.3 Å². The Labute approximate surface area is 181 Å². The average molecular weight is 412 g/mol. The summed E-state index contributed by atoms with van der Waals surface area (Å²) in [7, 11) is 0. The van der Waals surface area contributed by atoms with Crippen LogP contribution in [0.15, 0.2) is 78.2 Å². The van der Waals surface area contributed by atoms with Crippen LogP contribution < -0.4 is 10.6 Å². The summed E-state index contributed by atoms with van der Waals surface area (Å²) < 4.78 is 0. The minimum absolute atomic E-state index is 0.0471. The van der Waals surface area contributed by atoms with Crippen molar-refractivity contribution in [1.29, 1.82) is 0 Å². The molecular formula is C24H24N6O. The summed E-state index contributed by atoms with van der Waals surface area (Å²) in [5, 5.41) is 7.16. The monoisotopic (exact) mass is 412 g/mol. The van der Waals surface area contributed by atoms with Crippen LogP contribution in [0.4, 0.5) is 11.5 Å². The van der Waals surface area contributed by atoms with E-state index in [0.717, 1.165) is 35.7 Å². The standard InChI is InChI=1S/C24H24N6O/c31-22(19-8-13-25-14-9-19)30-15-10-24(11-16-30)23(27-17-18-5-2-1-3-6-18)28-21-20(29-24)7-4-12-26-21/h1-9,12-14,29H,10-11,15-17H2,(H,26,27,28). The van der Waals surface area contributed by atoms with Crippen molar-refractivity contribution in [3.63, 3.8) is 0 Å². The molecule has 31 heavy (non-hydrogen) atoms. The normalized spacial score (nSPS) is 18.2. The number of nitrogens with zero attached hydrogens (tertiary/aromatic N) is 4. The van der Waals surface area contributed by atoms with Gasteiger partial charge in [-0.2, -0.15) is 0 Å². The van der Waals surface area contributed by atoms with E-state index in [1.165, 1.54) is 0 Å². The number of anilines is 2. The molecule has 2 aliphatic rings. The second kappa shape index (κ2) is 8.18. The van der Waals surface area contributed by atoms with Crippen LogP contribution in [0.3, 0.4) is 0 Å². The summed E-state index contributed by atoms with van der Waals surface area (Å²) >= 11 is 0. The summed E-state index contributed by atoms with van der Waals surface area (Å²) in [6.45, 7) is 1.89. The molecule has 2 aromatic heterocycles. The predicted molar refractivity (Wildman–Crippen MR) is 121 cm³/mol. The van der Waals surface area contributed by atoms with Gasteiger partial charge in [0.1, 0.15) is 5.84 Å². The number of carbonyl (C=O) groups is 1. The number of piperidine rings is 1. The van der Waals surface area contributed by atoms with Crippen molar-refractivity contribution in [3.05, 3.63) is 84.3 Å². The molecule has 1 saturated heterocycles. The van der Waals surface area contributed by atoms with Crippen molar-refractivity contribution in [2.45, 2.75) is 24.9 Å². The van der Waals surface area contributed by atoms with Crippen LogP contribution in [0.25, 0.3) is 0 Å². The number of pyridine rings is 2. The highest BCUT2D eigenvalue weighted by Gasteiger charge is 2.43. The number of benzene rings is 1. The Hall–Kier alpha value is -3.74. The second-order valence-electron chi connectivity index (χ2n) is 7.91. The van der Waals surface area contributed by atoms with E-state index in [1.807, 2.05) is 35.2 Å². The first-order chi connectivity index (χ1) is 15.2.